The summed E-state index contributed by atoms with van der Waals surface area (Å²) in [6, 6.07) is 24.6. The van der Waals surface area contributed by atoms with Crippen LogP contribution in [0.1, 0.15) is 63.3 Å². The van der Waals surface area contributed by atoms with Crippen molar-refractivity contribution in [2.45, 2.75) is 71.4 Å². The normalized spacial score (nSPS) is 16.1. The number of rotatable bonds is 12. The molecule has 8 heteroatoms. The third-order valence-corrected chi connectivity index (χ3v) is 9.14. The molecular weight excluding hydrogens is 562 g/mol. The number of para-hydroxylation sites is 4. The number of piperidine rings is 1. The van der Waals surface area contributed by atoms with Gasteiger partial charge < -0.3 is 14.2 Å². The van der Waals surface area contributed by atoms with Crippen molar-refractivity contribution in [1.82, 2.24) is 23.6 Å². The molecule has 2 atom stereocenters. The molecule has 236 valence electrons. The maximum absolute atomic E-state index is 13.5. The van der Waals surface area contributed by atoms with Crippen LogP contribution in [0.4, 0.5) is 0 Å². The lowest BCUT2D eigenvalue weighted by Gasteiger charge is -2.33. The largest absolute Gasteiger partial charge is 0.385 e. The number of amides is 1. The molecule has 0 bridgehead atoms. The Balaban J connectivity index is 1.11. The summed E-state index contributed by atoms with van der Waals surface area (Å²) in [7, 11) is 1.74. The van der Waals surface area contributed by atoms with Gasteiger partial charge in [-0.15, -0.1) is 0 Å². The number of likely N-dealkylation sites (tertiary alicyclic amines) is 1. The molecule has 1 amide bonds. The van der Waals surface area contributed by atoms with Crippen LogP contribution in [-0.4, -0.2) is 56.3 Å². The molecule has 0 radical (unpaired) electrons. The molecule has 0 aliphatic carbocycles. The van der Waals surface area contributed by atoms with E-state index in [1.807, 2.05) is 47.0 Å². The minimum absolute atomic E-state index is 0.00450. The molecule has 6 rings (SSSR count). The fraction of sp³-hybridized carbons (Fsp3) is 0.432. The highest BCUT2D eigenvalue weighted by Gasteiger charge is 2.29. The lowest BCUT2D eigenvalue weighted by molar-refractivity contribution is -0.133. The van der Waals surface area contributed by atoms with Crippen LogP contribution in [0.5, 0.6) is 0 Å². The highest BCUT2D eigenvalue weighted by Crippen LogP contribution is 2.30. The van der Waals surface area contributed by atoms with Gasteiger partial charge in [-0.2, -0.15) is 0 Å². The number of methoxy groups -OCH3 is 1. The average molecular weight is 608 g/mol. The highest BCUT2D eigenvalue weighted by molar-refractivity contribution is 5.79. The molecular formula is C37H45N5O3. The number of benzene rings is 3. The lowest BCUT2D eigenvalue weighted by atomic mass is 9.94. The van der Waals surface area contributed by atoms with E-state index < -0.39 is 0 Å². The van der Waals surface area contributed by atoms with E-state index in [0.29, 0.717) is 26.1 Å². The van der Waals surface area contributed by atoms with E-state index in [2.05, 4.69) is 53.6 Å². The molecule has 8 nitrogen and oxygen atoms in total. The molecule has 1 aliphatic rings. The standard InChI is InChI=1S/C37H45N5O3/c1-4-20-41-33-14-7-8-15-34(33)42(37(41)44)30-18-16-28(17-19-30)24-27(2)25-35(43)39-21-9-11-29(26-39)36-38-31-12-5-6-13-32(31)40(36)22-10-23-45-3/h5-8,12-19,27,29H,4,9-11,20-26H2,1-3H3/t27-,29-/m1/s1. The van der Waals surface area contributed by atoms with Crippen molar-refractivity contribution in [2.75, 3.05) is 26.8 Å². The number of aryl methyl sites for hydroxylation is 2. The van der Waals surface area contributed by atoms with Gasteiger partial charge in [0.1, 0.15) is 5.82 Å². The summed E-state index contributed by atoms with van der Waals surface area (Å²) in [5.74, 6) is 1.75. The topological polar surface area (TPSA) is 74.3 Å². The van der Waals surface area contributed by atoms with E-state index >= 15 is 0 Å². The van der Waals surface area contributed by atoms with Crippen LogP contribution in [0.2, 0.25) is 0 Å². The molecule has 1 saturated heterocycles. The summed E-state index contributed by atoms with van der Waals surface area (Å²) >= 11 is 0. The summed E-state index contributed by atoms with van der Waals surface area (Å²) in [5.41, 5.74) is 6.09. The van der Waals surface area contributed by atoms with Crippen molar-refractivity contribution in [2.24, 2.45) is 5.92 Å². The smallest absolute Gasteiger partial charge is 0.333 e. The van der Waals surface area contributed by atoms with Crippen molar-refractivity contribution in [1.29, 1.82) is 0 Å². The summed E-state index contributed by atoms with van der Waals surface area (Å²) < 4.78 is 11.3. The number of hydrogen-bond donors (Lipinski definition) is 0. The number of fused-ring (bicyclic) bond motifs is 2. The average Bonchev–Trinajstić information content (AvgIpc) is 3.56. The summed E-state index contributed by atoms with van der Waals surface area (Å²) in [6.07, 6.45) is 5.18. The molecule has 3 aromatic carbocycles. The monoisotopic (exact) mass is 607 g/mol. The molecule has 45 heavy (non-hydrogen) atoms. The Morgan fingerprint density at radius 2 is 1.69 bits per heavy atom. The van der Waals surface area contributed by atoms with Crippen LogP contribution in [0, 0.1) is 5.92 Å². The van der Waals surface area contributed by atoms with Crippen molar-refractivity contribution in [3.63, 3.8) is 0 Å². The predicted octanol–water partition coefficient (Wildman–Crippen LogP) is 6.56. The molecule has 0 N–H and O–H groups in total. The van der Waals surface area contributed by atoms with E-state index in [1.165, 1.54) is 5.56 Å². The van der Waals surface area contributed by atoms with Crippen LogP contribution in [0.25, 0.3) is 27.8 Å². The second kappa shape index (κ2) is 13.9. The first-order valence-electron chi connectivity index (χ1n) is 16.5. The lowest BCUT2D eigenvalue weighted by Crippen LogP contribution is -2.40. The second-order valence-corrected chi connectivity index (χ2v) is 12.6. The Hall–Kier alpha value is -4.17. The highest BCUT2D eigenvalue weighted by atomic mass is 16.5. The molecule has 0 spiro atoms. The minimum Gasteiger partial charge on any atom is -0.385 e. The molecule has 1 aliphatic heterocycles. The fourth-order valence-electron chi connectivity index (χ4n) is 7.00. The minimum atomic E-state index is -0.00450. The number of ether oxygens (including phenoxy) is 1. The third kappa shape index (κ3) is 6.47. The number of carbonyl (C=O) groups is 1. The number of aromatic nitrogens is 4. The van der Waals surface area contributed by atoms with Gasteiger partial charge in [0.05, 0.1) is 27.8 Å². The van der Waals surface area contributed by atoms with E-state index in [-0.39, 0.29) is 23.4 Å². The van der Waals surface area contributed by atoms with Gasteiger partial charge in [-0.1, -0.05) is 50.2 Å². The van der Waals surface area contributed by atoms with Gasteiger partial charge in [-0.3, -0.25) is 13.9 Å². The van der Waals surface area contributed by atoms with Crippen LogP contribution in [0.3, 0.4) is 0 Å². The first-order valence-corrected chi connectivity index (χ1v) is 16.5. The van der Waals surface area contributed by atoms with Gasteiger partial charge >= 0.3 is 5.69 Å². The van der Waals surface area contributed by atoms with Crippen LogP contribution < -0.4 is 5.69 Å². The zero-order valence-corrected chi connectivity index (χ0v) is 26.8. The van der Waals surface area contributed by atoms with Crippen LogP contribution in [-0.2, 0) is 29.0 Å². The van der Waals surface area contributed by atoms with Gasteiger partial charge in [-0.05, 0) is 80.0 Å². The Kier molecular flexibility index (Phi) is 9.50. The Morgan fingerprint density at radius 3 is 2.44 bits per heavy atom. The van der Waals surface area contributed by atoms with Gasteiger partial charge in [-0.25, -0.2) is 9.78 Å². The van der Waals surface area contributed by atoms with Crippen molar-refractivity contribution in [3.05, 3.63) is 94.7 Å². The second-order valence-electron chi connectivity index (χ2n) is 12.6. The molecule has 1 fully saturated rings. The summed E-state index contributed by atoms with van der Waals surface area (Å²) in [6.45, 7) is 8.04. The van der Waals surface area contributed by atoms with E-state index in [0.717, 1.165) is 78.8 Å². The van der Waals surface area contributed by atoms with E-state index in [4.69, 9.17) is 9.72 Å². The number of imidazole rings is 2. The molecule has 0 saturated carbocycles. The van der Waals surface area contributed by atoms with Crippen molar-refractivity contribution < 1.29 is 9.53 Å². The Labute approximate surface area is 265 Å². The predicted molar refractivity (Wildman–Crippen MR) is 180 cm³/mol. The Bertz CT molecular complexity index is 1820. The Morgan fingerprint density at radius 1 is 0.956 bits per heavy atom. The first-order chi connectivity index (χ1) is 22.0. The van der Waals surface area contributed by atoms with Gasteiger partial charge in [0.2, 0.25) is 5.91 Å². The molecule has 5 aromatic rings. The first kappa shape index (κ1) is 30.8. The number of carbonyl (C=O) groups excluding carboxylic acids is 1. The van der Waals surface area contributed by atoms with Crippen molar-refractivity contribution in [3.8, 4) is 5.69 Å². The summed E-state index contributed by atoms with van der Waals surface area (Å²) in [5, 5.41) is 0. The van der Waals surface area contributed by atoms with Gasteiger partial charge in [0.15, 0.2) is 0 Å². The summed E-state index contributed by atoms with van der Waals surface area (Å²) in [4.78, 5) is 34.0. The van der Waals surface area contributed by atoms with Crippen LogP contribution in [0.15, 0.2) is 77.6 Å². The van der Waals surface area contributed by atoms with E-state index in [1.54, 1.807) is 11.7 Å². The number of nitrogens with zero attached hydrogens (tertiary/aromatic N) is 5. The third-order valence-electron chi connectivity index (χ3n) is 9.14. The van der Waals surface area contributed by atoms with Crippen molar-refractivity contribution >= 4 is 28.0 Å². The number of hydrogen-bond acceptors (Lipinski definition) is 4. The SMILES string of the molecule is CCCn1c(=O)n(-c2ccc(C[C@@H](C)CC(=O)N3CCC[C@@H](c4nc5ccccc5n4CCCOC)C3)cc2)c2ccccc21. The fourth-order valence-corrected chi connectivity index (χ4v) is 7.00. The molecule has 0 unspecified atom stereocenters. The van der Waals surface area contributed by atoms with Gasteiger partial charge in [0.25, 0.3) is 0 Å². The maximum atomic E-state index is 13.5. The molecule has 2 aromatic heterocycles. The zero-order valence-electron chi connectivity index (χ0n) is 26.8. The quantitative estimate of drug-likeness (QED) is 0.151. The maximum Gasteiger partial charge on any atom is 0.333 e. The van der Waals surface area contributed by atoms with Crippen LogP contribution >= 0.6 is 0 Å². The molecule has 3 heterocycles. The van der Waals surface area contributed by atoms with E-state index in [9.17, 15) is 9.59 Å². The van der Waals surface area contributed by atoms with Gasteiger partial charge in [0, 0.05) is 52.2 Å². The zero-order chi connectivity index (χ0) is 31.3.